The molecule has 0 spiro atoms. The summed E-state index contributed by atoms with van der Waals surface area (Å²) in [6.07, 6.45) is 1.18. The van der Waals surface area contributed by atoms with E-state index in [-0.39, 0.29) is 28.7 Å². The van der Waals surface area contributed by atoms with E-state index in [0.29, 0.717) is 35.8 Å². The fourth-order valence-electron chi connectivity index (χ4n) is 4.40. The maximum Gasteiger partial charge on any atom is 0.278 e. The summed E-state index contributed by atoms with van der Waals surface area (Å²) in [5, 5.41) is 2.77. The summed E-state index contributed by atoms with van der Waals surface area (Å²) < 4.78 is 28.4. The molecule has 1 aromatic heterocycles. The lowest BCUT2D eigenvalue weighted by molar-refractivity contribution is -0.117. The average Bonchev–Trinajstić information content (AvgIpc) is 3.15. The fourth-order valence-corrected chi connectivity index (χ4v) is 4.62. The van der Waals surface area contributed by atoms with Crippen molar-refractivity contribution < 1.29 is 18.7 Å². The van der Waals surface area contributed by atoms with Crippen LogP contribution < -0.4 is 20.3 Å². The van der Waals surface area contributed by atoms with E-state index < -0.39 is 11.7 Å². The standard InChI is InChI=1S/C28H25ClFN3O4/c1-3-17-8-11-20(12-9-17)33-27(35)21-14-18-6-5-7-24(36-4-2)26(18)37-28(21)32(33)16-25(34)31-23-13-10-19(30)15-22(23)29/h5-13,15H,3-4,14,16H2,1-2H3,(H,31,34). The molecule has 4 aromatic rings. The van der Waals surface area contributed by atoms with Gasteiger partial charge in [-0.05, 0) is 55.3 Å². The molecule has 0 unspecified atom stereocenters. The van der Waals surface area contributed by atoms with Gasteiger partial charge in [0.25, 0.3) is 5.56 Å². The summed E-state index contributed by atoms with van der Waals surface area (Å²) in [7, 11) is 0. The van der Waals surface area contributed by atoms with E-state index in [1.807, 2.05) is 43.3 Å². The van der Waals surface area contributed by atoms with Gasteiger partial charge in [-0.25, -0.2) is 13.8 Å². The Balaban J connectivity index is 1.59. The molecule has 3 aromatic carbocycles. The number of fused-ring (bicyclic) bond motifs is 2. The molecule has 0 saturated heterocycles. The van der Waals surface area contributed by atoms with Crippen LogP contribution in [0.2, 0.25) is 5.02 Å². The number of carbonyl (C=O) groups is 1. The zero-order valence-electron chi connectivity index (χ0n) is 20.4. The topological polar surface area (TPSA) is 74.5 Å². The Morgan fingerprint density at radius 1 is 1.14 bits per heavy atom. The first kappa shape index (κ1) is 24.6. The number of ether oxygens (including phenoxy) is 2. The maximum atomic E-state index is 13.7. The molecule has 2 heterocycles. The lowest BCUT2D eigenvalue weighted by atomic mass is 10.0. The quantitative estimate of drug-likeness (QED) is 0.297. The maximum absolute atomic E-state index is 13.7. The Kier molecular flexibility index (Phi) is 6.76. The van der Waals surface area contributed by atoms with E-state index in [1.54, 1.807) is 6.07 Å². The number of nitrogens with one attached hydrogen (secondary N) is 1. The van der Waals surface area contributed by atoms with Crippen LogP contribution in [0.5, 0.6) is 17.4 Å². The van der Waals surface area contributed by atoms with Gasteiger partial charge in [-0.2, -0.15) is 0 Å². The third-order valence-electron chi connectivity index (χ3n) is 6.20. The molecular weight excluding hydrogens is 497 g/mol. The van der Waals surface area contributed by atoms with E-state index in [0.717, 1.165) is 23.6 Å². The number of hydrogen-bond donors (Lipinski definition) is 1. The van der Waals surface area contributed by atoms with Crippen LogP contribution in [0.1, 0.15) is 30.5 Å². The molecule has 7 nitrogen and oxygen atoms in total. The van der Waals surface area contributed by atoms with Crippen LogP contribution in [0.3, 0.4) is 0 Å². The summed E-state index contributed by atoms with van der Waals surface area (Å²) in [6.45, 7) is 4.13. The van der Waals surface area contributed by atoms with Crippen molar-refractivity contribution in [2.75, 3.05) is 11.9 Å². The van der Waals surface area contributed by atoms with Crippen LogP contribution in [0.15, 0.2) is 65.5 Å². The largest absolute Gasteiger partial charge is 0.490 e. The molecule has 0 aliphatic carbocycles. The van der Waals surface area contributed by atoms with Gasteiger partial charge in [-0.3, -0.25) is 9.59 Å². The molecule has 0 atom stereocenters. The summed E-state index contributed by atoms with van der Waals surface area (Å²) in [5.41, 5.74) is 2.96. The first-order valence-corrected chi connectivity index (χ1v) is 12.4. The van der Waals surface area contributed by atoms with E-state index in [2.05, 4.69) is 12.2 Å². The van der Waals surface area contributed by atoms with Crippen molar-refractivity contribution in [3.63, 3.8) is 0 Å². The number of nitrogens with zero attached hydrogens (tertiary/aromatic N) is 2. The smallest absolute Gasteiger partial charge is 0.278 e. The van der Waals surface area contributed by atoms with Gasteiger partial charge in [0.1, 0.15) is 12.4 Å². The summed E-state index contributed by atoms with van der Waals surface area (Å²) in [6, 6.07) is 16.8. The van der Waals surface area contributed by atoms with Crippen molar-refractivity contribution in [2.24, 2.45) is 0 Å². The molecule has 1 N–H and O–H groups in total. The molecule has 37 heavy (non-hydrogen) atoms. The number of halogens is 2. The normalized spacial score (nSPS) is 11.9. The lowest BCUT2D eigenvalue weighted by Crippen LogP contribution is -2.27. The predicted octanol–water partition coefficient (Wildman–Crippen LogP) is 5.73. The highest BCUT2D eigenvalue weighted by Crippen LogP contribution is 2.42. The van der Waals surface area contributed by atoms with Crippen LogP contribution in [-0.2, 0) is 24.2 Å². The van der Waals surface area contributed by atoms with Crippen molar-refractivity contribution in [3.8, 4) is 23.1 Å². The SMILES string of the molecule is CCOc1cccc2c1Oc1c(c(=O)n(-c3ccc(CC)cc3)n1CC(=O)Nc1ccc(F)cc1Cl)C2. The van der Waals surface area contributed by atoms with E-state index >= 15 is 0 Å². The minimum Gasteiger partial charge on any atom is -0.490 e. The highest BCUT2D eigenvalue weighted by atomic mass is 35.5. The number of aryl methyl sites for hydroxylation is 1. The molecule has 5 rings (SSSR count). The lowest BCUT2D eigenvalue weighted by Gasteiger charge is -2.21. The first-order valence-electron chi connectivity index (χ1n) is 12.0. The van der Waals surface area contributed by atoms with Gasteiger partial charge >= 0.3 is 0 Å². The average molecular weight is 522 g/mol. The van der Waals surface area contributed by atoms with Gasteiger partial charge in [0.2, 0.25) is 11.8 Å². The van der Waals surface area contributed by atoms with Crippen LogP contribution in [-0.4, -0.2) is 21.9 Å². The minimum atomic E-state index is -0.510. The van der Waals surface area contributed by atoms with Gasteiger partial charge in [0.05, 0.1) is 28.6 Å². The number of rotatable bonds is 7. The summed E-state index contributed by atoms with van der Waals surface area (Å²) in [5.74, 6) is 0.379. The van der Waals surface area contributed by atoms with Gasteiger partial charge < -0.3 is 14.8 Å². The molecule has 0 bridgehead atoms. The zero-order valence-corrected chi connectivity index (χ0v) is 21.1. The fraction of sp³-hybridized carbons (Fsp3) is 0.214. The monoisotopic (exact) mass is 521 g/mol. The van der Waals surface area contributed by atoms with Gasteiger partial charge in [0.15, 0.2) is 11.5 Å². The molecule has 9 heteroatoms. The highest BCUT2D eigenvalue weighted by Gasteiger charge is 2.31. The third kappa shape index (κ3) is 4.72. The molecule has 1 aliphatic rings. The molecule has 0 saturated carbocycles. The molecule has 0 fully saturated rings. The van der Waals surface area contributed by atoms with E-state index in [4.69, 9.17) is 21.1 Å². The Bertz CT molecular complexity index is 1540. The molecular formula is C28H25ClFN3O4. The molecule has 190 valence electrons. The van der Waals surface area contributed by atoms with Crippen molar-refractivity contribution in [3.05, 3.63) is 98.5 Å². The number of carbonyl (C=O) groups excluding carboxylic acids is 1. The number of amides is 1. The molecule has 1 aliphatic heterocycles. The van der Waals surface area contributed by atoms with Crippen LogP contribution in [0.4, 0.5) is 10.1 Å². The number of anilines is 1. The van der Waals surface area contributed by atoms with E-state index in [9.17, 15) is 14.0 Å². The number of benzene rings is 3. The minimum absolute atomic E-state index is 0.0713. The third-order valence-corrected chi connectivity index (χ3v) is 6.51. The second-order valence-electron chi connectivity index (χ2n) is 8.61. The van der Waals surface area contributed by atoms with Gasteiger partial charge in [-0.15, -0.1) is 0 Å². The van der Waals surface area contributed by atoms with Crippen LogP contribution >= 0.6 is 11.6 Å². The van der Waals surface area contributed by atoms with Crippen molar-refractivity contribution in [1.82, 2.24) is 9.36 Å². The second-order valence-corrected chi connectivity index (χ2v) is 9.01. The van der Waals surface area contributed by atoms with E-state index in [1.165, 1.54) is 21.5 Å². The summed E-state index contributed by atoms with van der Waals surface area (Å²) in [4.78, 5) is 26.8. The Labute approximate surface area is 218 Å². The van der Waals surface area contributed by atoms with Crippen molar-refractivity contribution in [2.45, 2.75) is 33.2 Å². The predicted molar refractivity (Wildman–Crippen MR) is 140 cm³/mol. The molecule has 1 amide bonds. The highest BCUT2D eigenvalue weighted by molar-refractivity contribution is 6.33. The molecule has 0 radical (unpaired) electrons. The van der Waals surface area contributed by atoms with Crippen molar-refractivity contribution >= 4 is 23.2 Å². The zero-order chi connectivity index (χ0) is 26.1. The van der Waals surface area contributed by atoms with Crippen molar-refractivity contribution in [1.29, 1.82) is 0 Å². The summed E-state index contributed by atoms with van der Waals surface area (Å²) >= 11 is 6.10. The van der Waals surface area contributed by atoms with Gasteiger partial charge in [-0.1, -0.05) is 42.8 Å². The van der Waals surface area contributed by atoms with Gasteiger partial charge in [0, 0.05) is 12.0 Å². The second kappa shape index (κ2) is 10.1. The Hall–Kier alpha value is -4.04. The number of hydrogen-bond acceptors (Lipinski definition) is 4. The Morgan fingerprint density at radius 2 is 1.92 bits per heavy atom. The van der Waals surface area contributed by atoms with Crippen LogP contribution in [0, 0.1) is 5.82 Å². The van der Waals surface area contributed by atoms with Crippen LogP contribution in [0.25, 0.3) is 5.69 Å². The first-order chi connectivity index (χ1) is 17.9. The number of aromatic nitrogens is 2. The number of para-hydroxylation sites is 1. The Morgan fingerprint density at radius 3 is 2.62 bits per heavy atom.